The van der Waals surface area contributed by atoms with E-state index < -0.39 is 0 Å². The summed E-state index contributed by atoms with van der Waals surface area (Å²) in [5.41, 5.74) is 0.587. The van der Waals surface area contributed by atoms with E-state index in [1.54, 1.807) is 12.1 Å². The molecule has 1 aromatic heterocycles. The fourth-order valence-corrected chi connectivity index (χ4v) is 0.696. The van der Waals surface area contributed by atoms with Gasteiger partial charge in [-0.2, -0.15) is 0 Å². The van der Waals surface area contributed by atoms with Crippen molar-refractivity contribution < 1.29 is 9.59 Å². The third-order valence-corrected chi connectivity index (χ3v) is 1.36. The number of aldehydes is 1. The minimum atomic E-state index is 0.00386. The first-order valence-corrected chi connectivity index (χ1v) is 4.02. The van der Waals surface area contributed by atoms with E-state index in [9.17, 15) is 4.79 Å². The smallest absolute Gasteiger partial charge is 0.161 e. The fourth-order valence-electron chi connectivity index (χ4n) is 0.584. The van der Waals surface area contributed by atoms with Crippen molar-refractivity contribution in [3.8, 4) is 0 Å². The van der Waals surface area contributed by atoms with Gasteiger partial charge in [0.2, 0.25) is 0 Å². The van der Waals surface area contributed by atoms with Gasteiger partial charge in [-0.15, -0.1) is 0 Å². The average molecular weight is 200 g/mol. The lowest BCUT2D eigenvalue weighted by Gasteiger charge is -1.91. The van der Waals surface area contributed by atoms with Crippen molar-refractivity contribution in [2.24, 2.45) is 0 Å². The van der Waals surface area contributed by atoms with E-state index >= 15 is 0 Å². The summed E-state index contributed by atoms with van der Waals surface area (Å²) >= 11 is 5.49. The van der Waals surface area contributed by atoms with Crippen LogP contribution in [0.1, 0.15) is 24.2 Å². The number of carbonyl (C=O) groups excluding carboxylic acids is 2. The van der Waals surface area contributed by atoms with Crippen LogP contribution in [0.3, 0.4) is 0 Å². The van der Waals surface area contributed by atoms with Crippen LogP contribution in [-0.4, -0.2) is 17.1 Å². The monoisotopic (exact) mass is 199 g/mol. The molecule has 0 atom stereocenters. The molecule has 1 rings (SSSR count). The highest BCUT2D eigenvalue weighted by molar-refractivity contribution is 6.29. The second kappa shape index (κ2) is 6.31. The zero-order chi connectivity index (χ0) is 10.3. The largest absolute Gasteiger partial charge is 0.304 e. The van der Waals surface area contributed by atoms with Gasteiger partial charge in [0.15, 0.2) is 5.78 Å². The zero-order valence-electron chi connectivity index (χ0n) is 7.45. The number of hydrogen-bond acceptors (Lipinski definition) is 3. The Morgan fingerprint density at radius 1 is 1.54 bits per heavy atom. The van der Waals surface area contributed by atoms with Crippen molar-refractivity contribution in [3.05, 3.63) is 29.0 Å². The number of Topliss-reactive ketones (excluding diaryl/α,β-unsaturated/α-hetero) is 1. The first kappa shape index (κ1) is 11.8. The lowest BCUT2D eigenvalue weighted by Crippen LogP contribution is -1.91. The van der Waals surface area contributed by atoms with Gasteiger partial charge in [-0.05, 0) is 26.0 Å². The molecule has 1 heterocycles. The minimum absolute atomic E-state index is 0.00386. The summed E-state index contributed by atoms with van der Waals surface area (Å²) in [7, 11) is 0. The van der Waals surface area contributed by atoms with Crippen LogP contribution in [0.15, 0.2) is 18.3 Å². The molecule has 0 radical (unpaired) electrons. The number of nitrogens with zero attached hydrogens (tertiary/aromatic N) is 1. The van der Waals surface area contributed by atoms with Gasteiger partial charge in [0.05, 0.1) is 0 Å². The van der Waals surface area contributed by atoms with E-state index in [2.05, 4.69) is 4.98 Å². The number of ketones is 1. The molecule has 13 heavy (non-hydrogen) atoms. The van der Waals surface area contributed by atoms with Crippen LogP contribution in [-0.2, 0) is 4.79 Å². The Kier molecular flexibility index (Phi) is 5.72. The lowest BCUT2D eigenvalue weighted by atomic mass is 10.2. The second-order valence-electron chi connectivity index (χ2n) is 2.16. The van der Waals surface area contributed by atoms with E-state index in [1.807, 2.05) is 0 Å². The Morgan fingerprint density at radius 2 is 2.08 bits per heavy atom. The summed E-state index contributed by atoms with van der Waals surface area (Å²) in [6, 6.07) is 3.25. The molecule has 0 aliphatic rings. The van der Waals surface area contributed by atoms with Crippen LogP contribution in [0.2, 0.25) is 5.15 Å². The molecule has 0 fully saturated rings. The quantitative estimate of drug-likeness (QED) is 0.396. The Bertz CT molecular complexity index is 282. The van der Waals surface area contributed by atoms with E-state index in [0.717, 1.165) is 6.29 Å². The molecular formula is C9H10ClNO2. The van der Waals surface area contributed by atoms with Crippen LogP contribution in [0.5, 0.6) is 0 Å². The molecule has 70 valence electrons. The third kappa shape index (κ3) is 5.09. The molecule has 0 N–H and O–H groups in total. The molecule has 0 aromatic carbocycles. The zero-order valence-corrected chi connectivity index (χ0v) is 8.21. The van der Waals surface area contributed by atoms with Crippen LogP contribution < -0.4 is 0 Å². The van der Waals surface area contributed by atoms with Crippen molar-refractivity contribution in [3.63, 3.8) is 0 Å². The number of rotatable bonds is 1. The van der Waals surface area contributed by atoms with E-state index in [0.29, 0.717) is 10.7 Å². The maximum absolute atomic E-state index is 10.7. The van der Waals surface area contributed by atoms with Crippen molar-refractivity contribution in [2.75, 3.05) is 0 Å². The van der Waals surface area contributed by atoms with Crippen LogP contribution >= 0.6 is 11.6 Å². The average Bonchev–Trinajstić information content (AvgIpc) is 2.06. The number of carbonyl (C=O) groups is 2. The molecule has 0 spiro atoms. The van der Waals surface area contributed by atoms with Gasteiger partial charge in [0, 0.05) is 11.8 Å². The maximum atomic E-state index is 10.7. The standard InChI is InChI=1S/C7H6ClNO.C2H4O/c1-5(10)6-2-3-7(8)9-4-6;1-2-3/h2-4H,1H3;2H,1H3. The molecule has 4 heteroatoms. The van der Waals surface area contributed by atoms with E-state index in [1.165, 1.54) is 20.0 Å². The second-order valence-corrected chi connectivity index (χ2v) is 2.55. The highest BCUT2D eigenvalue weighted by atomic mass is 35.5. The first-order valence-electron chi connectivity index (χ1n) is 3.64. The Hall–Kier alpha value is -1.22. The van der Waals surface area contributed by atoms with Gasteiger partial charge >= 0.3 is 0 Å². The van der Waals surface area contributed by atoms with Crippen LogP contribution in [0, 0.1) is 0 Å². The maximum Gasteiger partial charge on any atom is 0.161 e. The van der Waals surface area contributed by atoms with Gasteiger partial charge in [0.1, 0.15) is 11.4 Å². The summed E-state index contributed by atoms with van der Waals surface area (Å²) < 4.78 is 0. The summed E-state index contributed by atoms with van der Waals surface area (Å²) in [6.07, 6.45) is 2.21. The minimum Gasteiger partial charge on any atom is -0.304 e. The molecule has 3 nitrogen and oxygen atoms in total. The number of halogens is 1. The van der Waals surface area contributed by atoms with Crippen molar-refractivity contribution >= 4 is 23.7 Å². The molecule has 1 aromatic rings. The molecule has 0 bridgehead atoms. The number of hydrogen-bond donors (Lipinski definition) is 0. The predicted octanol–water partition coefficient (Wildman–Crippen LogP) is 2.14. The fraction of sp³-hybridized carbons (Fsp3) is 0.222. The van der Waals surface area contributed by atoms with Crippen LogP contribution in [0.25, 0.3) is 0 Å². The number of pyridine rings is 1. The molecule has 0 saturated heterocycles. The third-order valence-electron chi connectivity index (χ3n) is 1.13. The Balaban J connectivity index is 0.000000424. The van der Waals surface area contributed by atoms with Gasteiger partial charge in [-0.3, -0.25) is 4.79 Å². The molecule has 0 aliphatic heterocycles. The molecule has 0 aliphatic carbocycles. The lowest BCUT2D eigenvalue weighted by molar-refractivity contribution is -0.106. The number of aromatic nitrogens is 1. The Labute approximate surface area is 81.7 Å². The topological polar surface area (TPSA) is 47.0 Å². The SMILES string of the molecule is CC(=O)c1ccc(Cl)nc1.CC=O. The van der Waals surface area contributed by atoms with Crippen LogP contribution in [0.4, 0.5) is 0 Å². The van der Waals surface area contributed by atoms with Gasteiger partial charge in [0.25, 0.3) is 0 Å². The van der Waals surface area contributed by atoms with Crippen molar-refractivity contribution in [1.82, 2.24) is 4.98 Å². The van der Waals surface area contributed by atoms with Crippen molar-refractivity contribution in [2.45, 2.75) is 13.8 Å². The first-order chi connectivity index (χ1) is 6.11. The summed E-state index contributed by atoms with van der Waals surface area (Å²) in [6.45, 7) is 2.94. The molecular weight excluding hydrogens is 190 g/mol. The Morgan fingerprint density at radius 3 is 2.38 bits per heavy atom. The molecule has 0 saturated carbocycles. The van der Waals surface area contributed by atoms with Crippen molar-refractivity contribution in [1.29, 1.82) is 0 Å². The molecule has 0 amide bonds. The van der Waals surface area contributed by atoms with E-state index in [4.69, 9.17) is 16.4 Å². The van der Waals surface area contributed by atoms with Gasteiger partial charge in [-0.25, -0.2) is 4.98 Å². The normalized spacial score (nSPS) is 8.23. The van der Waals surface area contributed by atoms with Gasteiger partial charge < -0.3 is 4.79 Å². The molecule has 0 unspecified atom stereocenters. The highest BCUT2D eigenvalue weighted by Crippen LogP contribution is 2.04. The summed E-state index contributed by atoms with van der Waals surface area (Å²) in [5.74, 6) is 0.00386. The van der Waals surface area contributed by atoms with E-state index in [-0.39, 0.29) is 5.78 Å². The van der Waals surface area contributed by atoms with Gasteiger partial charge in [-0.1, -0.05) is 11.6 Å². The summed E-state index contributed by atoms with van der Waals surface area (Å²) in [4.78, 5) is 23.2. The summed E-state index contributed by atoms with van der Waals surface area (Å²) in [5, 5.41) is 0.407. The predicted molar refractivity (Wildman–Crippen MR) is 51.0 cm³/mol. The highest BCUT2D eigenvalue weighted by Gasteiger charge is 1.97.